The van der Waals surface area contributed by atoms with E-state index in [9.17, 15) is 0 Å². The van der Waals surface area contributed by atoms with E-state index < -0.39 is 0 Å². The maximum Gasteiger partial charge on any atom is 0.122 e. The van der Waals surface area contributed by atoms with Gasteiger partial charge in [0, 0.05) is 12.1 Å². The predicted octanol–water partition coefficient (Wildman–Crippen LogP) is 1.45. The summed E-state index contributed by atoms with van der Waals surface area (Å²) in [5, 5.41) is 3.12. The van der Waals surface area contributed by atoms with Crippen molar-refractivity contribution in [2.45, 2.75) is 20.0 Å². The monoisotopic (exact) mass is 182 g/mol. The lowest BCUT2D eigenvalue weighted by molar-refractivity contribution is 0.307. The molecule has 3 heteroatoms. The van der Waals surface area contributed by atoms with Crippen LogP contribution in [0.15, 0.2) is 16.7 Å². The van der Waals surface area contributed by atoms with Crippen molar-refractivity contribution in [2.75, 3.05) is 20.6 Å². The Morgan fingerprint density at radius 2 is 2.31 bits per heavy atom. The van der Waals surface area contributed by atoms with E-state index in [-0.39, 0.29) is 0 Å². The number of hydrogen-bond acceptors (Lipinski definition) is 3. The van der Waals surface area contributed by atoms with Crippen molar-refractivity contribution in [1.29, 1.82) is 0 Å². The Morgan fingerprint density at radius 1 is 1.54 bits per heavy atom. The highest BCUT2D eigenvalue weighted by Crippen LogP contribution is 2.11. The minimum Gasteiger partial charge on any atom is -0.468 e. The lowest BCUT2D eigenvalue weighted by atomic mass is 10.2. The molecule has 13 heavy (non-hydrogen) atoms. The minimum absolute atomic E-state index is 0.878. The molecule has 0 spiro atoms. The molecule has 0 amide bonds. The topological polar surface area (TPSA) is 28.4 Å². The van der Waals surface area contributed by atoms with Gasteiger partial charge in [-0.1, -0.05) is 6.92 Å². The Labute approximate surface area is 79.7 Å². The molecule has 0 bridgehead atoms. The summed E-state index contributed by atoms with van der Waals surface area (Å²) in [5.41, 5.74) is 1.25. The van der Waals surface area contributed by atoms with E-state index in [2.05, 4.69) is 24.2 Å². The summed E-state index contributed by atoms with van der Waals surface area (Å²) in [7, 11) is 4.03. The van der Waals surface area contributed by atoms with Crippen LogP contribution in [-0.2, 0) is 13.1 Å². The van der Waals surface area contributed by atoms with Crippen molar-refractivity contribution in [2.24, 2.45) is 0 Å². The fourth-order valence-electron chi connectivity index (χ4n) is 1.21. The van der Waals surface area contributed by atoms with Gasteiger partial charge in [0.15, 0.2) is 0 Å². The highest BCUT2D eigenvalue weighted by atomic mass is 16.3. The molecule has 0 aliphatic rings. The van der Waals surface area contributed by atoms with Gasteiger partial charge >= 0.3 is 0 Å². The van der Waals surface area contributed by atoms with Crippen LogP contribution in [0.1, 0.15) is 18.2 Å². The summed E-state index contributed by atoms with van der Waals surface area (Å²) in [4.78, 5) is 2.22. The first-order valence-electron chi connectivity index (χ1n) is 4.66. The fourth-order valence-corrected chi connectivity index (χ4v) is 1.21. The van der Waals surface area contributed by atoms with Gasteiger partial charge in [-0.15, -0.1) is 0 Å². The third-order valence-corrected chi connectivity index (χ3v) is 2.16. The second-order valence-electron chi connectivity index (χ2n) is 3.23. The molecule has 0 aliphatic heterocycles. The molecule has 0 aliphatic carbocycles. The van der Waals surface area contributed by atoms with E-state index in [1.54, 1.807) is 6.26 Å². The van der Waals surface area contributed by atoms with Crippen LogP contribution in [0.2, 0.25) is 0 Å². The van der Waals surface area contributed by atoms with Crippen LogP contribution in [0, 0.1) is 0 Å². The van der Waals surface area contributed by atoms with Crippen LogP contribution in [0.3, 0.4) is 0 Å². The van der Waals surface area contributed by atoms with Gasteiger partial charge in [0.25, 0.3) is 0 Å². The molecular formula is C10H18N2O. The van der Waals surface area contributed by atoms with Crippen molar-refractivity contribution in [3.8, 4) is 0 Å². The van der Waals surface area contributed by atoms with Crippen molar-refractivity contribution in [1.82, 2.24) is 10.2 Å². The van der Waals surface area contributed by atoms with Gasteiger partial charge in [0.05, 0.1) is 12.8 Å². The van der Waals surface area contributed by atoms with Crippen LogP contribution in [-0.4, -0.2) is 25.5 Å². The summed E-state index contributed by atoms with van der Waals surface area (Å²) in [6, 6.07) is 2.02. The van der Waals surface area contributed by atoms with Crippen LogP contribution in [0.4, 0.5) is 0 Å². The molecule has 1 N–H and O–H groups in total. The quantitative estimate of drug-likeness (QED) is 0.747. The second kappa shape index (κ2) is 5.04. The lowest BCUT2D eigenvalue weighted by Gasteiger charge is -2.12. The maximum absolute atomic E-state index is 5.41. The molecule has 0 saturated carbocycles. The highest BCUT2D eigenvalue weighted by Gasteiger charge is 2.06. The fraction of sp³-hybridized carbons (Fsp3) is 0.600. The molecule has 3 nitrogen and oxygen atoms in total. The van der Waals surface area contributed by atoms with Crippen molar-refractivity contribution in [3.63, 3.8) is 0 Å². The van der Waals surface area contributed by atoms with Crippen LogP contribution in [0.25, 0.3) is 0 Å². The van der Waals surface area contributed by atoms with Crippen LogP contribution < -0.4 is 5.32 Å². The smallest absolute Gasteiger partial charge is 0.122 e. The maximum atomic E-state index is 5.41. The highest BCUT2D eigenvalue weighted by molar-refractivity contribution is 5.16. The number of nitrogens with zero attached hydrogens (tertiary/aromatic N) is 1. The second-order valence-corrected chi connectivity index (χ2v) is 3.23. The zero-order chi connectivity index (χ0) is 9.68. The summed E-state index contributed by atoms with van der Waals surface area (Å²) in [5.74, 6) is 1.07. The molecule has 0 atom stereocenters. The molecule has 1 aromatic heterocycles. The summed E-state index contributed by atoms with van der Waals surface area (Å²) in [6.07, 6.45) is 1.76. The Morgan fingerprint density at radius 3 is 2.92 bits per heavy atom. The van der Waals surface area contributed by atoms with Gasteiger partial charge in [-0.05, 0) is 26.7 Å². The number of nitrogens with one attached hydrogen (secondary N) is 1. The third-order valence-electron chi connectivity index (χ3n) is 2.16. The Bertz CT molecular complexity index is 245. The predicted molar refractivity (Wildman–Crippen MR) is 53.5 cm³/mol. The van der Waals surface area contributed by atoms with Gasteiger partial charge in [-0.25, -0.2) is 0 Å². The van der Waals surface area contributed by atoms with Gasteiger partial charge in [-0.3, -0.25) is 4.90 Å². The van der Waals surface area contributed by atoms with E-state index in [1.165, 1.54) is 5.56 Å². The van der Waals surface area contributed by atoms with Crippen molar-refractivity contribution >= 4 is 0 Å². The standard InChI is InChI=1S/C10H18N2O/c1-4-12(3)8-10-9(7-11-2)5-6-13-10/h5-6,11H,4,7-8H2,1-3H3. The lowest BCUT2D eigenvalue weighted by Crippen LogP contribution is -2.18. The van der Waals surface area contributed by atoms with Gasteiger partial charge in [-0.2, -0.15) is 0 Å². The van der Waals surface area contributed by atoms with Crippen LogP contribution in [0.5, 0.6) is 0 Å². The van der Waals surface area contributed by atoms with Gasteiger partial charge < -0.3 is 9.73 Å². The first kappa shape index (κ1) is 10.3. The molecule has 1 rings (SSSR count). The zero-order valence-electron chi connectivity index (χ0n) is 8.63. The number of hydrogen-bond donors (Lipinski definition) is 1. The SMILES string of the molecule is CCN(C)Cc1occc1CNC. The minimum atomic E-state index is 0.878. The molecule has 1 heterocycles. The van der Waals surface area contributed by atoms with Crippen molar-refractivity contribution in [3.05, 3.63) is 23.7 Å². The molecule has 0 aromatic carbocycles. The summed E-state index contributed by atoms with van der Waals surface area (Å²) >= 11 is 0. The van der Waals surface area contributed by atoms with Gasteiger partial charge in [0.1, 0.15) is 5.76 Å². The average molecular weight is 182 g/mol. The molecule has 1 aromatic rings. The summed E-state index contributed by atoms with van der Waals surface area (Å²) < 4.78 is 5.41. The van der Waals surface area contributed by atoms with E-state index in [0.717, 1.165) is 25.4 Å². The molecule has 0 radical (unpaired) electrons. The van der Waals surface area contributed by atoms with E-state index >= 15 is 0 Å². The Balaban J connectivity index is 2.59. The third kappa shape index (κ3) is 2.86. The van der Waals surface area contributed by atoms with Gasteiger partial charge in [0.2, 0.25) is 0 Å². The Hall–Kier alpha value is -0.800. The summed E-state index contributed by atoms with van der Waals surface area (Å²) in [6.45, 7) is 4.95. The van der Waals surface area contributed by atoms with E-state index in [1.807, 2.05) is 13.1 Å². The first-order valence-corrected chi connectivity index (χ1v) is 4.66. The average Bonchev–Trinajstić information content (AvgIpc) is 2.54. The molecule has 0 saturated heterocycles. The number of rotatable bonds is 5. The van der Waals surface area contributed by atoms with Crippen molar-refractivity contribution < 1.29 is 4.42 Å². The molecule has 74 valence electrons. The van der Waals surface area contributed by atoms with E-state index in [4.69, 9.17) is 4.42 Å². The Kier molecular flexibility index (Phi) is 3.99. The zero-order valence-corrected chi connectivity index (χ0v) is 8.63. The molecule has 0 unspecified atom stereocenters. The number of furan rings is 1. The first-order chi connectivity index (χ1) is 6.27. The van der Waals surface area contributed by atoms with E-state index in [0.29, 0.717) is 0 Å². The van der Waals surface area contributed by atoms with Crippen LogP contribution >= 0.6 is 0 Å². The largest absolute Gasteiger partial charge is 0.468 e. The normalized spacial score (nSPS) is 11.1. The molecule has 0 fully saturated rings. The molecular weight excluding hydrogens is 164 g/mol.